The molecule has 0 saturated carbocycles. The summed E-state index contributed by atoms with van der Waals surface area (Å²) in [6.07, 6.45) is -0.376. The second kappa shape index (κ2) is 8.87. The van der Waals surface area contributed by atoms with Crippen LogP contribution in [0.15, 0.2) is 59.9 Å². The summed E-state index contributed by atoms with van der Waals surface area (Å²) in [5.74, 6) is -1.43. The number of benzene rings is 2. The SMILES string of the molecule is COC(=O)CNC(=O)C1=C(O)CCN2C1OCC2c1ccc(-c2ccc(F)cc2)cc1. The van der Waals surface area contributed by atoms with Crippen molar-refractivity contribution < 1.29 is 28.6 Å². The van der Waals surface area contributed by atoms with Gasteiger partial charge in [0.15, 0.2) is 0 Å². The van der Waals surface area contributed by atoms with Crippen LogP contribution in [0.5, 0.6) is 0 Å². The quantitative estimate of drug-likeness (QED) is 0.715. The molecule has 0 radical (unpaired) electrons. The van der Waals surface area contributed by atoms with E-state index in [1.54, 1.807) is 12.1 Å². The number of aliphatic hydroxyl groups excluding tert-OH is 1. The van der Waals surface area contributed by atoms with Crippen molar-refractivity contribution >= 4 is 11.9 Å². The minimum Gasteiger partial charge on any atom is -0.512 e. The van der Waals surface area contributed by atoms with Crippen LogP contribution >= 0.6 is 0 Å². The fourth-order valence-electron chi connectivity index (χ4n) is 3.96. The van der Waals surface area contributed by atoms with Crippen molar-refractivity contribution in [1.29, 1.82) is 0 Å². The molecule has 2 heterocycles. The lowest BCUT2D eigenvalue weighted by molar-refractivity contribution is -0.141. The van der Waals surface area contributed by atoms with Crippen LogP contribution in [0.4, 0.5) is 4.39 Å². The van der Waals surface area contributed by atoms with E-state index in [0.29, 0.717) is 19.6 Å². The lowest BCUT2D eigenvalue weighted by Crippen LogP contribution is -2.44. The molecule has 0 aromatic heterocycles. The van der Waals surface area contributed by atoms with E-state index in [-0.39, 0.29) is 29.7 Å². The predicted octanol–water partition coefficient (Wildman–Crippen LogP) is 2.70. The van der Waals surface area contributed by atoms with Gasteiger partial charge in [-0.3, -0.25) is 14.5 Å². The maximum Gasteiger partial charge on any atom is 0.325 e. The molecule has 1 amide bonds. The number of rotatable bonds is 5. The molecule has 8 heteroatoms. The molecule has 4 rings (SSSR count). The molecule has 2 aliphatic rings. The van der Waals surface area contributed by atoms with Gasteiger partial charge in [-0.1, -0.05) is 36.4 Å². The van der Waals surface area contributed by atoms with Gasteiger partial charge in [0.1, 0.15) is 24.3 Å². The molecule has 1 fully saturated rings. The molecular formula is C23H23FN2O5. The minimum atomic E-state index is -0.687. The first-order valence-corrected chi connectivity index (χ1v) is 9.98. The molecule has 2 unspecified atom stereocenters. The second-order valence-corrected chi connectivity index (χ2v) is 7.44. The normalized spacial score (nSPS) is 21.0. The Balaban J connectivity index is 1.49. The highest BCUT2D eigenvalue weighted by atomic mass is 19.1. The molecule has 162 valence electrons. The number of carbonyl (C=O) groups is 2. The van der Waals surface area contributed by atoms with E-state index in [0.717, 1.165) is 16.7 Å². The van der Waals surface area contributed by atoms with Gasteiger partial charge in [-0.15, -0.1) is 0 Å². The van der Waals surface area contributed by atoms with Gasteiger partial charge < -0.3 is 19.9 Å². The first kappa shape index (κ1) is 21.0. The van der Waals surface area contributed by atoms with Gasteiger partial charge >= 0.3 is 5.97 Å². The van der Waals surface area contributed by atoms with E-state index in [2.05, 4.69) is 10.1 Å². The summed E-state index contributed by atoms with van der Waals surface area (Å²) in [4.78, 5) is 25.9. The number of halogens is 1. The summed E-state index contributed by atoms with van der Waals surface area (Å²) >= 11 is 0. The van der Waals surface area contributed by atoms with Gasteiger partial charge in [0.2, 0.25) is 0 Å². The van der Waals surface area contributed by atoms with E-state index in [9.17, 15) is 19.1 Å². The van der Waals surface area contributed by atoms with Crippen LogP contribution in [0, 0.1) is 5.82 Å². The molecule has 2 aliphatic heterocycles. The first-order chi connectivity index (χ1) is 15.0. The fraction of sp³-hybridized carbons (Fsp3) is 0.304. The Labute approximate surface area is 179 Å². The van der Waals surface area contributed by atoms with Gasteiger partial charge in [0.25, 0.3) is 5.91 Å². The number of fused-ring (bicyclic) bond motifs is 1. The fourth-order valence-corrected chi connectivity index (χ4v) is 3.96. The van der Waals surface area contributed by atoms with E-state index in [1.165, 1.54) is 19.2 Å². The summed E-state index contributed by atoms with van der Waals surface area (Å²) < 4.78 is 23.6. The van der Waals surface area contributed by atoms with Crippen LogP contribution in [0.1, 0.15) is 18.0 Å². The number of aliphatic hydroxyl groups is 1. The number of hydrogen-bond acceptors (Lipinski definition) is 6. The number of hydrogen-bond donors (Lipinski definition) is 2. The van der Waals surface area contributed by atoms with Gasteiger partial charge in [-0.2, -0.15) is 0 Å². The van der Waals surface area contributed by atoms with Crippen molar-refractivity contribution in [2.45, 2.75) is 18.7 Å². The average Bonchev–Trinajstić information content (AvgIpc) is 3.21. The smallest absolute Gasteiger partial charge is 0.325 e. The maximum atomic E-state index is 13.2. The molecule has 0 aliphatic carbocycles. The minimum absolute atomic E-state index is 0.0316. The van der Waals surface area contributed by atoms with Gasteiger partial charge in [0, 0.05) is 13.0 Å². The predicted molar refractivity (Wildman–Crippen MR) is 110 cm³/mol. The molecular weight excluding hydrogens is 403 g/mol. The zero-order chi connectivity index (χ0) is 22.0. The van der Waals surface area contributed by atoms with E-state index < -0.39 is 18.1 Å². The summed E-state index contributed by atoms with van der Waals surface area (Å²) in [6.45, 7) is 0.614. The Morgan fingerprint density at radius 3 is 2.45 bits per heavy atom. The summed E-state index contributed by atoms with van der Waals surface area (Å²) in [5, 5.41) is 12.8. The second-order valence-electron chi connectivity index (χ2n) is 7.44. The molecule has 1 saturated heterocycles. The van der Waals surface area contributed by atoms with Crippen molar-refractivity contribution in [3.8, 4) is 11.1 Å². The molecule has 0 spiro atoms. The van der Waals surface area contributed by atoms with E-state index >= 15 is 0 Å². The Bertz CT molecular complexity index is 1000. The van der Waals surface area contributed by atoms with Gasteiger partial charge in [-0.05, 0) is 28.8 Å². The third kappa shape index (κ3) is 4.30. The molecule has 2 N–H and O–H groups in total. The molecule has 31 heavy (non-hydrogen) atoms. The topological polar surface area (TPSA) is 88.1 Å². The largest absolute Gasteiger partial charge is 0.512 e. The number of carbonyl (C=O) groups excluding carboxylic acids is 2. The van der Waals surface area contributed by atoms with Crippen molar-refractivity contribution in [2.75, 3.05) is 26.8 Å². The standard InChI is InChI=1S/C23H23FN2O5/c1-30-20(28)12-25-22(29)21-19(27)10-11-26-18(13-31-23(21)26)16-4-2-14(3-5-16)15-6-8-17(24)9-7-15/h2-9,18,23,27H,10-13H2,1H3,(H,25,29). The molecule has 2 aromatic rings. The Hall–Kier alpha value is -3.23. The molecule has 7 nitrogen and oxygen atoms in total. The Morgan fingerprint density at radius 1 is 1.16 bits per heavy atom. The maximum absolute atomic E-state index is 13.2. The lowest BCUT2D eigenvalue weighted by atomic mass is 9.98. The highest BCUT2D eigenvalue weighted by Gasteiger charge is 2.43. The molecule has 0 bridgehead atoms. The first-order valence-electron chi connectivity index (χ1n) is 9.98. The number of nitrogens with one attached hydrogen (secondary N) is 1. The van der Waals surface area contributed by atoms with Crippen molar-refractivity contribution in [3.05, 3.63) is 71.2 Å². The van der Waals surface area contributed by atoms with Gasteiger partial charge in [0.05, 0.1) is 25.3 Å². The average molecular weight is 426 g/mol. The number of ether oxygens (including phenoxy) is 2. The third-order valence-corrected chi connectivity index (χ3v) is 5.62. The van der Waals surface area contributed by atoms with Gasteiger partial charge in [-0.25, -0.2) is 4.39 Å². The van der Waals surface area contributed by atoms with E-state index in [1.807, 2.05) is 29.2 Å². The van der Waals surface area contributed by atoms with Crippen LogP contribution in [-0.2, 0) is 19.1 Å². The number of nitrogens with zero attached hydrogens (tertiary/aromatic N) is 1. The van der Waals surface area contributed by atoms with Crippen molar-refractivity contribution in [3.63, 3.8) is 0 Å². The Morgan fingerprint density at radius 2 is 1.81 bits per heavy atom. The van der Waals surface area contributed by atoms with E-state index in [4.69, 9.17) is 4.74 Å². The summed E-state index contributed by atoms with van der Waals surface area (Å²) in [6, 6.07) is 14.2. The molecule has 2 aromatic carbocycles. The van der Waals surface area contributed by atoms with Crippen molar-refractivity contribution in [1.82, 2.24) is 10.2 Å². The van der Waals surface area contributed by atoms with Crippen LogP contribution in [0.25, 0.3) is 11.1 Å². The van der Waals surface area contributed by atoms with Crippen LogP contribution in [0.2, 0.25) is 0 Å². The van der Waals surface area contributed by atoms with Crippen LogP contribution in [0.3, 0.4) is 0 Å². The van der Waals surface area contributed by atoms with Crippen LogP contribution in [-0.4, -0.2) is 54.9 Å². The number of methoxy groups -OCH3 is 1. The number of amides is 1. The number of esters is 1. The lowest BCUT2D eigenvalue weighted by Gasteiger charge is -2.33. The monoisotopic (exact) mass is 426 g/mol. The summed E-state index contributed by atoms with van der Waals surface area (Å²) in [7, 11) is 1.24. The summed E-state index contributed by atoms with van der Waals surface area (Å²) in [5.41, 5.74) is 3.03. The highest BCUT2D eigenvalue weighted by Crippen LogP contribution is 2.38. The zero-order valence-corrected chi connectivity index (χ0v) is 17.0. The zero-order valence-electron chi connectivity index (χ0n) is 17.0. The van der Waals surface area contributed by atoms with Crippen LogP contribution < -0.4 is 5.32 Å². The highest BCUT2D eigenvalue weighted by molar-refractivity contribution is 5.96. The third-order valence-electron chi connectivity index (χ3n) is 5.62. The molecule has 2 atom stereocenters. The van der Waals surface area contributed by atoms with Crippen molar-refractivity contribution in [2.24, 2.45) is 0 Å². The Kier molecular flexibility index (Phi) is 6.01.